The van der Waals surface area contributed by atoms with Crippen molar-refractivity contribution in [3.8, 4) is 11.3 Å². The standard InChI is InChI=1S/C14H15FN2O/c1-8-12(9(2)18)13(16)14(17(8)3)10-6-4-5-7-11(10)15/h4-7H,16H2,1-3H3. The normalized spacial score (nSPS) is 10.7. The van der Waals surface area contributed by atoms with Crippen LogP contribution in [0.4, 0.5) is 10.1 Å². The monoisotopic (exact) mass is 246 g/mol. The number of benzene rings is 1. The molecule has 0 unspecified atom stereocenters. The lowest BCUT2D eigenvalue weighted by Crippen LogP contribution is -1.98. The Bertz CT molecular complexity index is 629. The number of Topliss-reactive ketones (excluding diaryl/α,β-unsaturated/α-hetero) is 1. The minimum Gasteiger partial charge on any atom is -0.396 e. The highest BCUT2D eigenvalue weighted by atomic mass is 19.1. The summed E-state index contributed by atoms with van der Waals surface area (Å²) in [6, 6.07) is 6.40. The summed E-state index contributed by atoms with van der Waals surface area (Å²) < 4.78 is 15.6. The second-order valence-electron chi connectivity index (χ2n) is 4.32. The molecule has 0 atom stereocenters. The summed E-state index contributed by atoms with van der Waals surface area (Å²) >= 11 is 0. The molecule has 0 saturated heterocycles. The fraction of sp³-hybridized carbons (Fsp3) is 0.214. The van der Waals surface area contributed by atoms with Crippen LogP contribution in [0.1, 0.15) is 23.0 Å². The first-order chi connectivity index (χ1) is 8.45. The summed E-state index contributed by atoms with van der Waals surface area (Å²) in [5, 5.41) is 0. The molecule has 0 saturated carbocycles. The molecule has 0 fully saturated rings. The Morgan fingerprint density at radius 1 is 1.33 bits per heavy atom. The molecule has 1 heterocycles. The Kier molecular flexibility index (Phi) is 2.95. The van der Waals surface area contributed by atoms with Gasteiger partial charge in [-0.15, -0.1) is 0 Å². The van der Waals surface area contributed by atoms with Gasteiger partial charge in [-0.1, -0.05) is 12.1 Å². The lowest BCUT2D eigenvalue weighted by molar-refractivity contribution is 0.101. The van der Waals surface area contributed by atoms with Gasteiger partial charge in [-0.25, -0.2) is 4.39 Å². The highest BCUT2D eigenvalue weighted by molar-refractivity contribution is 6.04. The van der Waals surface area contributed by atoms with Crippen molar-refractivity contribution in [2.75, 3.05) is 5.73 Å². The van der Waals surface area contributed by atoms with Crippen molar-refractivity contribution in [1.82, 2.24) is 4.57 Å². The summed E-state index contributed by atoms with van der Waals surface area (Å²) in [4.78, 5) is 11.6. The number of nitrogens with two attached hydrogens (primary N) is 1. The zero-order valence-corrected chi connectivity index (χ0v) is 10.6. The fourth-order valence-electron chi connectivity index (χ4n) is 2.25. The zero-order chi connectivity index (χ0) is 13.4. The van der Waals surface area contributed by atoms with Crippen LogP contribution >= 0.6 is 0 Å². The maximum absolute atomic E-state index is 13.8. The minimum absolute atomic E-state index is 0.108. The van der Waals surface area contributed by atoms with E-state index in [-0.39, 0.29) is 11.6 Å². The number of anilines is 1. The van der Waals surface area contributed by atoms with Crippen molar-refractivity contribution >= 4 is 11.5 Å². The van der Waals surface area contributed by atoms with Gasteiger partial charge in [0.15, 0.2) is 5.78 Å². The van der Waals surface area contributed by atoms with Crippen LogP contribution in [0.2, 0.25) is 0 Å². The topological polar surface area (TPSA) is 48.0 Å². The first-order valence-corrected chi connectivity index (χ1v) is 5.65. The SMILES string of the molecule is CC(=O)c1c(N)c(-c2ccccc2F)n(C)c1C. The molecule has 0 aliphatic carbocycles. The van der Waals surface area contributed by atoms with Gasteiger partial charge in [-0.05, 0) is 26.0 Å². The summed E-state index contributed by atoms with van der Waals surface area (Å²) in [5.74, 6) is -0.455. The predicted molar refractivity (Wildman–Crippen MR) is 70.0 cm³/mol. The van der Waals surface area contributed by atoms with Crippen molar-refractivity contribution in [2.45, 2.75) is 13.8 Å². The number of rotatable bonds is 2. The molecular formula is C14H15FN2O. The van der Waals surface area contributed by atoms with Gasteiger partial charge < -0.3 is 10.3 Å². The lowest BCUT2D eigenvalue weighted by Gasteiger charge is -2.07. The number of aromatic nitrogens is 1. The number of nitrogen functional groups attached to an aromatic ring is 1. The Balaban J connectivity index is 2.78. The maximum atomic E-state index is 13.8. The summed E-state index contributed by atoms with van der Waals surface area (Å²) in [5.41, 5.74) is 8.52. The molecule has 0 aliphatic heterocycles. The summed E-state index contributed by atoms with van der Waals surface area (Å²) in [6.07, 6.45) is 0. The smallest absolute Gasteiger partial charge is 0.163 e. The van der Waals surface area contributed by atoms with Gasteiger partial charge in [-0.3, -0.25) is 4.79 Å². The van der Waals surface area contributed by atoms with Gasteiger partial charge in [0.25, 0.3) is 0 Å². The average molecular weight is 246 g/mol. The molecule has 0 aliphatic rings. The van der Waals surface area contributed by atoms with E-state index in [4.69, 9.17) is 5.73 Å². The zero-order valence-electron chi connectivity index (χ0n) is 10.6. The maximum Gasteiger partial charge on any atom is 0.163 e. The number of nitrogens with zero attached hydrogens (tertiary/aromatic N) is 1. The molecule has 94 valence electrons. The number of ketones is 1. The molecule has 1 aromatic carbocycles. The fourth-order valence-corrected chi connectivity index (χ4v) is 2.25. The average Bonchev–Trinajstić information content (AvgIpc) is 2.52. The van der Waals surface area contributed by atoms with Gasteiger partial charge >= 0.3 is 0 Å². The van der Waals surface area contributed by atoms with Crippen LogP contribution in [0, 0.1) is 12.7 Å². The predicted octanol–water partition coefficient (Wildman–Crippen LogP) is 2.92. The van der Waals surface area contributed by atoms with Gasteiger partial charge in [0, 0.05) is 18.3 Å². The molecule has 18 heavy (non-hydrogen) atoms. The summed E-state index contributed by atoms with van der Waals surface area (Å²) in [6.45, 7) is 3.27. The van der Waals surface area contributed by atoms with Crippen molar-refractivity contribution in [2.24, 2.45) is 7.05 Å². The third-order valence-corrected chi connectivity index (χ3v) is 3.21. The molecule has 4 heteroatoms. The van der Waals surface area contributed by atoms with E-state index in [2.05, 4.69) is 0 Å². The molecule has 2 rings (SSSR count). The molecule has 0 radical (unpaired) electrons. The number of halogens is 1. The first kappa shape index (κ1) is 12.4. The van der Waals surface area contributed by atoms with Gasteiger partial charge in [0.2, 0.25) is 0 Å². The Hall–Kier alpha value is -2.10. The van der Waals surface area contributed by atoms with Gasteiger partial charge in [0.1, 0.15) is 5.82 Å². The quantitative estimate of drug-likeness (QED) is 0.828. The van der Waals surface area contributed by atoms with Crippen molar-refractivity contribution < 1.29 is 9.18 Å². The lowest BCUT2D eigenvalue weighted by atomic mass is 10.1. The Morgan fingerprint density at radius 3 is 2.44 bits per heavy atom. The van der Waals surface area contributed by atoms with E-state index in [1.807, 2.05) is 0 Å². The van der Waals surface area contributed by atoms with Crippen LogP contribution < -0.4 is 5.73 Å². The number of carbonyl (C=O) groups excluding carboxylic acids is 1. The molecule has 3 nitrogen and oxygen atoms in total. The molecular weight excluding hydrogens is 231 g/mol. The number of hydrogen-bond acceptors (Lipinski definition) is 2. The van der Waals surface area contributed by atoms with Crippen LogP contribution in [-0.2, 0) is 7.05 Å². The third kappa shape index (κ3) is 1.70. The van der Waals surface area contributed by atoms with E-state index in [9.17, 15) is 9.18 Å². The van der Waals surface area contributed by atoms with Crippen LogP contribution in [0.15, 0.2) is 24.3 Å². The van der Waals surface area contributed by atoms with Gasteiger partial charge in [-0.2, -0.15) is 0 Å². The largest absolute Gasteiger partial charge is 0.396 e. The van der Waals surface area contributed by atoms with E-state index >= 15 is 0 Å². The highest BCUT2D eigenvalue weighted by Crippen LogP contribution is 2.34. The van der Waals surface area contributed by atoms with Crippen molar-refractivity contribution in [1.29, 1.82) is 0 Å². The molecule has 0 spiro atoms. The number of hydrogen-bond donors (Lipinski definition) is 1. The highest BCUT2D eigenvalue weighted by Gasteiger charge is 2.21. The van der Waals surface area contributed by atoms with E-state index in [0.29, 0.717) is 22.5 Å². The molecule has 1 aromatic heterocycles. The molecule has 2 N–H and O–H groups in total. The van der Waals surface area contributed by atoms with Crippen molar-refractivity contribution in [3.05, 3.63) is 41.3 Å². The van der Waals surface area contributed by atoms with E-state index in [1.54, 1.807) is 36.7 Å². The van der Waals surface area contributed by atoms with Crippen LogP contribution in [0.25, 0.3) is 11.3 Å². The van der Waals surface area contributed by atoms with Crippen LogP contribution in [0.5, 0.6) is 0 Å². The van der Waals surface area contributed by atoms with E-state index in [1.165, 1.54) is 13.0 Å². The first-order valence-electron chi connectivity index (χ1n) is 5.65. The minimum atomic E-state index is -0.347. The second-order valence-corrected chi connectivity index (χ2v) is 4.32. The molecule has 0 bridgehead atoms. The summed E-state index contributed by atoms with van der Waals surface area (Å²) in [7, 11) is 1.78. The van der Waals surface area contributed by atoms with Crippen molar-refractivity contribution in [3.63, 3.8) is 0 Å². The van der Waals surface area contributed by atoms with Crippen LogP contribution in [0.3, 0.4) is 0 Å². The Morgan fingerprint density at radius 2 is 1.94 bits per heavy atom. The second kappa shape index (κ2) is 4.29. The molecule has 2 aromatic rings. The van der Waals surface area contributed by atoms with E-state index in [0.717, 1.165) is 5.69 Å². The Labute approximate surface area is 105 Å². The van der Waals surface area contributed by atoms with Crippen LogP contribution in [-0.4, -0.2) is 10.4 Å². The number of carbonyl (C=O) groups is 1. The van der Waals surface area contributed by atoms with Gasteiger partial charge in [0.05, 0.1) is 16.9 Å². The third-order valence-electron chi connectivity index (χ3n) is 3.21. The van der Waals surface area contributed by atoms with E-state index < -0.39 is 0 Å². The molecule has 0 amide bonds.